The number of nitrogens with zero attached hydrogens (tertiary/aromatic N) is 2. The fourth-order valence-electron chi connectivity index (χ4n) is 4.32. The molecule has 3 fully saturated rings. The number of carbonyl (C=O) groups excluding carboxylic acids is 4. The van der Waals surface area contributed by atoms with Crippen molar-refractivity contribution in [2.24, 2.45) is 29.6 Å². The lowest BCUT2D eigenvalue weighted by atomic mass is 9.66. The molecular formula is C15H20N2O4. The molecule has 2 saturated heterocycles. The second-order valence-corrected chi connectivity index (χ2v) is 6.68. The zero-order chi connectivity index (χ0) is 15.5. The normalized spacial score (nSPS) is 40.2. The van der Waals surface area contributed by atoms with Crippen LogP contribution in [0.3, 0.4) is 0 Å². The fourth-order valence-corrected chi connectivity index (χ4v) is 4.32. The van der Waals surface area contributed by atoms with Crippen LogP contribution in [-0.2, 0) is 19.2 Å². The summed E-state index contributed by atoms with van der Waals surface area (Å²) in [5.41, 5.74) is 0. The molecule has 3 rings (SSSR count). The molecule has 0 aromatic rings. The van der Waals surface area contributed by atoms with E-state index in [1.54, 1.807) is 0 Å². The number of imide groups is 2. The average molecular weight is 292 g/mol. The van der Waals surface area contributed by atoms with Crippen LogP contribution in [0.1, 0.15) is 26.2 Å². The van der Waals surface area contributed by atoms with Gasteiger partial charge in [0.25, 0.3) is 0 Å². The summed E-state index contributed by atoms with van der Waals surface area (Å²) in [6.45, 7) is 1.97. The fraction of sp³-hybridized carbons (Fsp3) is 0.733. The van der Waals surface area contributed by atoms with E-state index < -0.39 is 0 Å². The first-order valence-corrected chi connectivity index (χ1v) is 7.44. The molecule has 0 spiro atoms. The quantitative estimate of drug-likeness (QED) is 0.650. The Morgan fingerprint density at radius 1 is 0.857 bits per heavy atom. The predicted octanol–water partition coefficient (Wildman–Crippen LogP) is 0.268. The Bertz CT molecular complexity index is 544. The minimum absolute atomic E-state index is 0.0194. The number of amides is 4. The lowest BCUT2D eigenvalue weighted by molar-refractivity contribution is -0.140. The number of likely N-dealkylation sites (tertiary alicyclic amines) is 2. The molecule has 21 heavy (non-hydrogen) atoms. The van der Waals surface area contributed by atoms with Gasteiger partial charge in [-0.25, -0.2) is 0 Å². The van der Waals surface area contributed by atoms with Crippen LogP contribution in [0, 0.1) is 29.6 Å². The van der Waals surface area contributed by atoms with Gasteiger partial charge in [-0.1, -0.05) is 6.92 Å². The summed E-state index contributed by atoms with van der Waals surface area (Å²) in [6, 6.07) is 0. The minimum atomic E-state index is -0.320. The highest BCUT2D eigenvalue weighted by Crippen LogP contribution is 2.47. The Hall–Kier alpha value is -1.72. The number of hydrogen-bond donors (Lipinski definition) is 0. The van der Waals surface area contributed by atoms with E-state index >= 15 is 0 Å². The monoisotopic (exact) mass is 292 g/mol. The van der Waals surface area contributed by atoms with E-state index in [2.05, 4.69) is 0 Å². The Kier molecular flexibility index (Phi) is 3.15. The number of hydrogen-bond acceptors (Lipinski definition) is 4. The predicted molar refractivity (Wildman–Crippen MR) is 72.5 cm³/mol. The van der Waals surface area contributed by atoms with E-state index in [0.717, 1.165) is 6.42 Å². The highest BCUT2D eigenvalue weighted by Gasteiger charge is 2.54. The molecule has 0 N–H and O–H groups in total. The lowest BCUT2D eigenvalue weighted by Crippen LogP contribution is -2.38. The second-order valence-electron chi connectivity index (χ2n) is 6.68. The van der Waals surface area contributed by atoms with Gasteiger partial charge < -0.3 is 0 Å². The van der Waals surface area contributed by atoms with E-state index in [1.165, 1.54) is 23.9 Å². The standard InChI is InChI=1S/C15H20N2O4/c1-7-4-8(9-6-11(18)16(2)13(9)19)5-10-12(7)15(21)17(3)14(10)20/h7-10,12H,4-6H2,1-3H3. The van der Waals surface area contributed by atoms with Crippen LogP contribution >= 0.6 is 0 Å². The maximum absolute atomic E-state index is 12.2. The van der Waals surface area contributed by atoms with Crippen LogP contribution in [0.15, 0.2) is 0 Å². The van der Waals surface area contributed by atoms with Gasteiger partial charge in [0.1, 0.15) is 0 Å². The van der Waals surface area contributed by atoms with Gasteiger partial charge in [0.2, 0.25) is 23.6 Å². The maximum Gasteiger partial charge on any atom is 0.233 e. The molecule has 0 radical (unpaired) electrons. The van der Waals surface area contributed by atoms with Crippen molar-refractivity contribution < 1.29 is 19.2 Å². The van der Waals surface area contributed by atoms with Gasteiger partial charge in [-0.05, 0) is 24.7 Å². The van der Waals surface area contributed by atoms with Crippen molar-refractivity contribution >= 4 is 23.6 Å². The number of carbonyl (C=O) groups is 4. The van der Waals surface area contributed by atoms with Crippen LogP contribution in [0.5, 0.6) is 0 Å². The molecule has 6 heteroatoms. The van der Waals surface area contributed by atoms with E-state index in [0.29, 0.717) is 6.42 Å². The first kappa shape index (κ1) is 14.2. The van der Waals surface area contributed by atoms with Crippen molar-refractivity contribution in [1.82, 2.24) is 9.80 Å². The Labute approximate surface area is 123 Å². The van der Waals surface area contributed by atoms with Crippen molar-refractivity contribution in [2.75, 3.05) is 14.1 Å². The topological polar surface area (TPSA) is 74.8 Å². The minimum Gasteiger partial charge on any atom is -0.285 e. The van der Waals surface area contributed by atoms with Gasteiger partial charge in [-0.15, -0.1) is 0 Å². The molecule has 4 amide bonds. The van der Waals surface area contributed by atoms with E-state index in [1.807, 2.05) is 6.92 Å². The number of rotatable bonds is 1. The molecule has 5 unspecified atom stereocenters. The largest absolute Gasteiger partial charge is 0.285 e. The van der Waals surface area contributed by atoms with E-state index in [-0.39, 0.29) is 59.6 Å². The molecule has 2 heterocycles. The Morgan fingerprint density at radius 2 is 1.48 bits per heavy atom. The highest BCUT2D eigenvalue weighted by molar-refractivity contribution is 6.05. The summed E-state index contributed by atoms with van der Waals surface area (Å²) < 4.78 is 0. The van der Waals surface area contributed by atoms with Crippen molar-refractivity contribution in [1.29, 1.82) is 0 Å². The molecule has 5 atom stereocenters. The van der Waals surface area contributed by atoms with Crippen molar-refractivity contribution in [3.05, 3.63) is 0 Å². The third kappa shape index (κ3) is 1.92. The Balaban J connectivity index is 1.83. The van der Waals surface area contributed by atoms with Crippen molar-refractivity contribution in [3.63, 3.8) is 0 Å². The first-order valence-electron chi connectivity index (χ1n) is 7.44. The van der Waals surface area contributed by atoms with Gasteiger partial charge in [-0.2, -0.15) is 0 Å². The summed E-state index contributed by atoms with van der Waals surface area (Å²) in [6.07, 6.45) is 1.51. The third-order valence-electron chi connectivity index (χ3n) is 5.53. The summed E-state index contributed by atoms with van der Waals surface area (Å²) in [5.74, 6) is -1.30. The summed E-state index contributed by atoms with van der Waals surface area (Å²) >= 11 is 0. The van der Waals surface area contributed by atoms with Crippen LogP contribution in [0.25, 0.3) is 0 Å². The Morgan fingerprint density at radius 3 is 2.05 bits per heavy atom. The molecule has 3 aliphatic rings. The highest BCUT2D eigenvalue weighted by atomic mass is 16.2. The van der Waals surface area contributed by atoms with E-state index in [4.69, 9.17) is 0 Å². The molecule has 0 aromatic heterocycles. The van der Waals surface area contributed by atoms with Gasteiger partial charge in [-0.3, -0.25) is 29.0 Å². The van der Waals surface area contributed by atoms with Crippen molar-refractivity contribution in [3.8, 4) is 0 Å². The first-order chi connectivity index (χ1) is 9.82. The molecule has 1 saturated carbocycles. The van der Waals surface area contributed by atoms with Crippen molar-refractivity contribution in [2.45, 2.75) is 26.2 Å². The molecule has 1 aliphatic carbocycles. The second kappa shape index (κ2) is 4.64. The number of fused-ring (bicyclic) bond motifs is 1. The third-order valence-corrected chi connectivity index (χ3v) is 5.53. The van der Waals surface area contributed by atoms with Crippen LogP contribution < -0.4 is 0 Å². The molecule has 0 bridgehead atoms. The summed E-state index contributed by atoms with van der Waals surface area (Å²) in [7, 11) is 3.04. The SMILES string of the molecule is CC1CC(C2CC(=O)N(C)C2=O)CC2C(=O)N(C)C(=O)C12. The van der Waals surface area contributed by atoms with Crippen LogP contribution in [0.4, 0.5) is 0 Å². The zero-order valence-electron chi connectivity index (χ0n) is 12.5. The smallest absolute Gasteiger partial charge is 0.233 e. The average Bonchev–Trinajstić information content (AvgIpc) is 2.83. The zero-order valence-corrected chi connectivity index (χ0v) is 12.5. The summed E-state index contributed by atoms with van der Waals surface area (Å²) in [4.78, 5) is 50.6. The van der Waals surface area contributed by atoms with Gasteiger partial charge >= 0.3 is 0 Å². The summed E-state index contributed by atoms with van der Waals surface area (Å²) in [5, 5.41) is 0. The van der Waals surface area contributed by atoms with E-state index in [9.17, 15) is 19.2 Å². The molecule has 0 aromatic carbocycles. The van der Waals surface area contributed by atoms with Crippen LogP contribution in [0.2, 0.25) is 0 Å². The van der Waals surface area contributed by atoms with Gasteiger partial charge in [0.05, 0.1) is 17.8 Å². The lowest BCUT2D eigenvalue weighted by Gasteiger charge is -2.36. The maximum atomic E-state index is 12.2. The van der Waals surface area contributed by atoms with Crippen LogP contribution in [-0.4, -0.2) is 47.5 Å². The van der Waals surface area contributed by atoms with Gasteiger partial charge in [0, 0.05) is 20.5 Å². The van der Waals surface area contributed by atoms with Gasteiger partial charge in [0.15, 0.2) is 0 Å². The molecule has 114 valence electrons. The molecular weight excluding hydrogens is 272 g/mol. The molecule has 2 aliphatic heterocycles. The molecule has 6 nitrogen and oxygen atoms in total.